The Kier molecular flexibility index (Phi) is 6.46. The second-order valence-corrected chi connectivity index (χ2v) is 8.83. The Morgan fingerprint density at radius 3 is 1.52 bits per heavy atom. The maximum Gasteiger partial charge on any atom is 2.00 e. The van der Waals surface area contributed by atoms with Crippen LogP contribution in [-0.4, -0.2) is 5.11 Å². The Bertz CT molecular complexity index is 505. The molecule has 0 spiro atoms. The molecule has 1 N–H and O–H groups in total. The van der Waals surface area contributed by atoms with Gasteiger partial charge in [-0.15, -0.1) is 0 Å². The van der Waals surface area contributed by atoms with Crippen LogP contribution < -0.4 is 9.79 Å². The van der Waals surface area contributed by atoms with E-state index < -0.39 is 13.4 Å². The molecule has 0 aromatic heterocycles. The van der Waals surface area contributed by atoms with Gasteiger partial charge in [0.2, 0.25) is 0 Å². The summed E-state index contributed by atoms with van der Waals surface area (Å²) in [4.78, 5) is 22.2. The zero-order valence-corrected chi connectivity index (χ0v) is 15.1. The molecule has 122 valence electrons. The van der Waals surface area contributed by atoms with Crippen molar-refractivity contribution in [3.63, 3.8) is 0 Å². The Morgan fingerprint density at radius 1 is 0.952 bits per heavy atom. The topological polar surface area (TPSA) is 83.4 Å². The average molecular weight is 357 g/mol. The number of rotatable bonds is 2. The van der Waals surface area contributed by atoms with Crippen molar-refractivity contribution in [2.45, 2.75) is 58.2 Å². The van der Waals surface area contributed by atoms with Gasteiger partial charge in [0.15, 0.2) is 0 Å². The van der Waals surface area contributed by atoms with Crippen molar-refractivity contribution < 1.29 is 35.9 Å². The summed E-state index contributed by atoms with van der Waals surface area (Å²) >= 11 is 0. The molecule has 0 bridgehead atoms. The molecule has 0 amide bonds. The minimum Gasteiger partial charge on any atom is -0.809 e. The summed E-state index contributed by atoms with van der Waals surface area (Å²) < 4.78 is 11.1. The predicted octanol–water partition coefficient (Wildman–Crippen LogP) is 2.18. The smallest absolute Gasteiger partial charge is 0.809 e. The summed E-state index contributed by atoms with van der Waals surface area (Å²) in [6, 6.07) is 5.20. The molecule has 0 aliphatic rings. The molecule has 4 nitrogen and oxygen atoms in total. The van der Waals surface area contributed by atoms with E-state index in [4.69, 9.17) is 0 Å². The van der Waals surface area contributed by atoms with Gasteiger partial charge in [0, 0.05) is 0 Å². The third kappa shape index (κ3) is 5.50. The molecule has 1 rings (SSSR count). The fraction of sp³-hybridized carbons (Fsp3) is 0.600. The van der Waals surface area contributed by atoms with Crippen LogP contribution >= 0.6 is 7.60 Å². The van der Waals surface area contributed by atoms with E-state index in [-0.39, 0.29) is 32.9 Å². The van der Waals surface area contributed by atoms with Gasteiger partial charge in [-0.3, -0.25) is 0 Å². The van der Waals surface area contributed by atoms with Gasteiger partial charge < -0.3 is 19.5 Å². The van der Waals surface area contributed by atoms with Gasteiger partial charge >= 0.3 is 16.5 Å². The summed E-state index contributed by atoms with van der Waals surface area (Å²) in [5.74, 6) is -1.99. The van der Waals surface area contributed by atoms with E-state index in [0.717, 1.165) is 11.1 Å². The standard InChI is InChI=1S/C15H25O4P.Ni/c1-14(2,3)11-7-10(13(16)20(17,18)19)8-12(9-11)15(4,5)6;/h7-9,13,16H,1-6H3,(H2,17,18,19);/q;+2/p-2. The van der Waals surface area contributed by atoms with Crippen LogP contribution in [0.15, 0.2) is 18.2 Å². The van der Waals surface area contributed by atoms with Gasteiger partial charge in [0.25, 0.3) is 0 Å². The van der Waals surface area contributed by atoms with E-state index in [2.05, 4.69) is 0 Å². The van der Waals surface area contributed by atoms with E-state index in [1.807, 2.05) is 47.6 Å². The quantitative estimate of drug-likeness (QED) is 0.650. The number of aliphatic hydroxyl groups is 1. The van der Waals surface area contributed by atoms with Crippen LogP contribution in [0.2, 0.25) is 0 Å². The first-order chi connectivity index (χ1) is 8.73. The van der Waals surface area contributed by atoms with Gasteiger partial charge in [-0.05, 0) is 35.1 Å². The van der Waals surface area contributed by atoms with Gasteiger partial charge in [-0.25, -0.2) is 0 Å². The van der Waals surface area contributed by atoms with Crippen LogP contribution in [0, 0.1) is 0 Å². The summed E-state index contributed by atoms with van der Waals surface area (Å²) in [5.41, 5.74) is 1.53. The first-order valence-electron chi connectivity index (χ1n) is 6.58. The molecule has 1 atom stereocenters. The monoisotopic (exact) mass is 356 g/mol. The Balaban J connectivity index is 0.00000400. The van der Waals surface area contributed by atoms with Crippen molar-refractivity contribution in [1.29, 1.82) is 0 Å². The van der Waals surface area contributed by atoms with E-state index in [9.17, 15) is 19.5 Å². The van der Waals surface area contributed by atoms with Crippen molar-refractivity contribution in [2.75, 3.05) is 0 Å². The van der Waals surface area contributed by atoms with Crippen molar-refractivity contribution in [3.05, 3.63) is 34.9 Å². The van der Waals surface area contributed by atoms with Crippen molar-refractivity contribution in [1.82, 2.24) is 0 Å². The Hall–Kier alpha value is -0.176. The fourth-order valence-corrected chi connectivity index (χ4v) is 2.36. The number of aliphatic hydroxyl groups excluding tert-OH is 1. The van der Waals surface area contributed by atoms with Crippen molar-refractivity contribution in [2.24, 2.45) is 0 Å². The van der Waals surface area contributed by atoms with Gasteiger partial charge in [0.05, 0.1) is 0 Å². The van der Waals surface area contributed by atoms with Crippen molar-refractivity contribution >= 4 is 7.60 Å². The van der Waals surface area contributed by atoms with Crippen LogP contribution in [0.4, 0.5) is 0 Å². The maximum atomic E-state index is 11.1. The molecule has 0 radical (unpaired) electrons. The first-order valence-corrected chi connectivity index (χ1v) is 8.20. The molecule has 1 unspecified atom stereocenters. The molecule has 0 aliphatic carbocycles. The molecule has 0 saturated carbocycles. The largest absolute Gasteiger partial charge is 2.00 e. The third-order valence-corrected chi connectivity index (χ3v) is 4.18. The zero-order chi connectivity index (χ0) is 15.9. The minimum absolute atomic E-state index is 0. The number of benzene rings is 1. The molecule has 0 aliphatic heterocycles. The number of hydrogen-bond acceptors (Lipinski definition) is 4. The molecular weight excluding hydrogens is 334 g/mol. The zero-order valence-electron chi connectivity index (χ0n) is 13.2. The molecule has 0 heterocycles. The summed E-state index contributed by atoms with van der Waals surface area (Å²) in [6.45, 7) is 12.0. The second-order valence-electron chi connectivity index (χ2n) is 7.26. The second kappa shape index (κ2) is 6.52. The normalized spacial score (nSPS) is 14.5. The predicted molar refractivity (Wildman–Crippen MR) is 76.4 cm³/mol. The van der Waals surface area contributed by atoms with Gasteiger partial charge in [-0.1, -0.05) is 59.7 Å². The summed E-state index contributed by atoms with van der Waals surface area (Å²) in [7, 11) is -5.07. The summed E-state index contributed by atoms with van der Waals surface area (Å²) in [5, 5.41) is 9.75. The van der Waals surface area contributed by atoms with E-state index in [1.165, 1.54) is 0 Å². The SMILES string of the molecule is CC(C)(C)c1cc(C(O)P(=O)([O-])[O-])cc(C(C)(C)C)c1.[Ni+2]. The average Bonchev–Trinajstić information content (AvgIpc) is 2.23. The van der Waals surface area contributed by atoms with Crippen LogP contribution in [0.1, 0.15) is 64.1 Å². The molecule has 0 saturated heterocycles. The van der Waals surface area contributed by atoms with Crippen LogP contribution in [0.25, 0.3) is 0 Å². The molecule has 21 heavy (non-hydrogen) atoms. The van der Waals surface area contributed by atoms with E-state index >= 15 is 0 Å². The Labute approximate surface area is 137 Å². The molecule has 1 aromatic rings. The molecular formula is C15H23NiO4P. The van der Waals surface area contributed by atoms with Crippen LogP contribution in [0.5, 0.6) is 0 Å². The Morgan fingerprint density at radius 2 is 1.29 bits per heavy atom. The third-order valence-electron chi connectivity index (χ3n) is 3.29. The minimum atomic E-state index is -5.07. The van der Waals surface area contributed by atoms with Gasteiger partial charge in [0.1, 0.15) is 5.85 Å². The maximum absolute atomic E-state index is 11.1. The molecule has 1 aromatic carbocycles. The summed E-state index contributed by atoms with van der Waals surface area (Å²) in [6.07, 6.45) is 0. The van der Waals surface area contributed by atoms with Crippen molar-refractivity contribution in [3.8, 4) is 0 Å². The van der Waals surface area contributed by atoms with E-state index in [0.29, 0.717) is 0 Å². The van der Waals surface area contributed by atoms with Crippen LogP contribution in [0.3, 0.4) is 0 Å². The first kappa shape index (κ1) is 20.8. The van der Waals surface area contributed by atoms with Crippen LogP contribution in [-0.2, 0) is 31.9 Å². The van der Waals surface area contributed by atoms with Gasteiger partial charge in [-0.2, -0.15) is 0 Å². The fourth-order valence-electron chi connectivity index (χ4n) is 1.85. The van der Waals surface area contributed by atoms with E-state index in [1.54, 1.807) is 12.1 Å². The number of hydrogen-bond donors (Lipinski definition) is 1. The molecule has 0 fully saturated rings. The molecule has 6 heteroatoms.